The van der Waals surface area contributed by atoms with Gasteiger partial charge in [-0.1, -0.05) is 12.1 Å². The lowest BCUT2D eigenvalue weighted by atomic mass is 10.0. The van der Waals surface area contributed by atoms with Crippen molar-refractivity contribution in [3.8, 4) is 5.75 Å². The van der Waals surface area contributed by atoms with Gasteiger partial charge in [0.25, 0.3) is 11.4 Å². The number of halogens is 1. The van der Waals surface area contributed by atoms with Crippen molar-refractivity contribution in [1.29, 1.82) is 0 Å². The number of fused-ring (bicyclic) bond motifs is 2. The Balaban J connectivity index is 1.69. The summed E-state index contributed by atoms with van der Waals surface area (Å²) in [6, 6.07) is 8.99. The number of pyridine rings is 1. The summed E-state index contributed by atoms with van der Waals surface area (Å²) in [5.74, 6) is -0.542. The number of aromatic hydroxyl groups is 1. The summed E-state index contributed by atoms with van der Waals surface area (Å²) in [5, 5.41) is 37.3. The zero-order chi connectivity index (χ0) is 21.0. The number of benzene rings is 2. The Morgan fingerprint density at radius 1 is 1.27 bits per heavy atom. The van der Waals surface area contributed by atoms with Crippen molar-refractivity contribution < 1.29 is 19.0 Å². The van der Waals surface area contributed by atoms with Gasteiger partial charge in [-0.15, -0.1) is 0 Å². The molecule has 30 heavy (non-hydrogen) atoms. The van der Waals surface area contributed by atoms with Crippen LogP contribution in [0.4, 0.5) is 10.1 Å². The van der Waals surface area contributed by atoms with E-state index in [1.165, 1.54) is 41.2 Å². The van der Waals surface area contributed by atoms with E-state index in [1.807, 2.05) is 0 Å². The number of quaternary nitrogens is 1. The molecule has 1 N–H and O–H groups in total. The van der Waals surface area contributed by atoms with Crippen LogP contribution in [0, 0.1) is 16.2 Å². The number of carbonyl (C=O) groups excluding carboxylic acids is 1. The summed E-state index contributed by atoms with van der Waals surface area (Å²) < 4.78 is 13.0. The minimum absolute atomic E-state index is 0.0104. The molecule has 0 saturated carbocycles. The number of rotatable bonds is 3. The molecule has 154 valence electrons. The monoisotopic (exact) mass is 427 g/mol. The molecule has 2 aliphatic heterocycles. The van der Waals surface area contributed by atoms with Gasteiger partial charge in [0.1, 0.15) is 11.2 Å². The van der Waals surface area contributed by atoms with Gasteiger partial charge in [0.2, 0.25) is 5.75 Å². The van der Waals surface area contributed by atoms with Crippen molar-refractivity contribution in [3.05, 3.63) is 75.5 Å². The van der Waals surface area contributed by atoms with Crippen LogP contribution < -0.4 is 8.78 Å². The molecular formula is C21H18FN3O4S. The van der Waals surface area contributed by atoms with Crippen LogP contribution in [0.25, 0.3) is 10.9 Å². The summed E-state index contributed by atoms with van der Waals surface area (Å²) in [7, 11) is 0. The Bertz CT molecular complexity index is 1180. The highest BCUT2D eigenvalue weighted by molar-refractivity contribution is 7.99. The number of phenols is 1. The molecule has 3 heterocycles. The molecule has 7 nitrogen and oxygen atoms in total. The number of hydrogen-bond donors (Lipinski definition) is 1. The van der Waals surface area contributed by atoms with Gasteiger partial charge in [-0.2, -0.15) is 4.73 Å². The van der Waals surface area contributed by atoms with E-state index >= 15 is 0 Å². The van der Waals surface area contributed by atoms with Crippen molar-refractivity contribution in [2.75, 3.05) is 12.3 Å². The average Bonchev–Trinajstić information content (AvgIpc) is 3.28. The third kappa shape index (κ3) is 2.81. The van der Waals surface area contributed by atoms with Crippen LogP contribution in [0.15, 0.2) is 42.6 Å². The second-order valence-electron chi connectivity index (χ2n) is 7.52. The van der Waals surface area contributed by atoms with Gasteiger partial charge in [-0.3, -0.25) is 8.85 Å². The predicted molar refractivity (Wildman–Crippen MR) is 112 cm³/mol. The number of amides is 1. The normalized spacial score (nSPS) is 20.9. The summed E-state index contributed by atoms with van der Waals surface area (Å²) in [6.07, 6.45) is 1.96. The quantitative estimate of drug-likeness (QED) is 0.300. The third-order valence-electron chi connectivity index (χ3n) is 5.64. The highest BCUT2D eigenvalue weighted by atomic mass is 32.2. The first-order chi connectivity index (χ1) is 14.4. The van der Waals surface area contributed by atoms with Gasteiger partial charge >= 0.3 is 0 Å². The zero-order valence-electron chi connectivity index (χ0n) is 15.9. The maximum absolute atomic E-state index is 13.6. The van der Waals surface area contributed by atoms with E-state index in [9.17, 15) is 24.7 Å². The summed E-state index contributed by atoms with van der Waals surface area (Å²) in [5.41, 5.74) is 1.49. The number of nitrogens with zero attached hydrogens (tertiary/aromatic N) is 3. The lowest BCUT2D eigenvalue weighted by molar-refractivity contribution is -0.577. The fourth-order valence-corrected chi connectivity index (χ4v) is 5.46. The van der Waals surface area contributed by atoms with Crippen LogP contribution >= 0.6 is 11.9 Å². The molecule has 2 aromatic carbocycles. The minimum atomic E-state index is -0.694. The van der Waals surface area contributed by atoms with E-state index < -0.39 is 15.7 Å². The first-order valence-electron chi connectivity index (χ1n) is 9.56. The van der Waals surface area contributed by atoms with Crippen LogP contribution in [0.5, 0.6) is 5.75 Å². The van der Waals surface area contributed by atoms with Gasteiger partial charge < -0.3 is 20.4 Å². The fraction of sp³-hybridized carbons (Fsp3) is 0.238. The first-order valence-corrected chi connectivity index (χ1v) is 10.5. The smallest absolute Gasteiger partial charge is 0.272 e. The molecule has 5 rings (SSSR count). The number of aromatic nitrogens is 1. The lowest BCUT2D eigenvalue weighted by Gasteiger charge is -2.36. The molecule has 2 aliphatic rings. The zero-order valence-corrected chi connectivity index (χ0v) is 16.7. The Kier molecular flexibility index (Phi) is 4.35. The van der Waals surface area contributed by atoms with E-state index in [1.54, 1.807) is 18.2 Å². The van der Waals surface area contributed by atoms with Gasteiger partial charge in [0.15, 0.2) is 11.9 Å². The van der Waals surface area contributed by atoms with Crippen LogP contribution in [0.2, 0.25) is 0 Å². The SMILES string of the molecule is O=C1c2c(c([N+]3([O-])CCCS3)c3ccc[n+]([O-])c3c2O)CN1Cc1ccc(F)cc1. The van der Waals surface area contributed by atoms with E-state index in [-0.39, 0.29) is 30.0 Å². The standard InChI is InChI=1S/C21H18FN3O4S/c22-14-6-4-13(5-7-14)11-23-12-16-17(21(23)27)20(26)18-15(3-1-8-24(18)28)19(16)25(29)9-2-10-30-25/h1,3-8,26H,2,9-12H2. The molecule has 1 aromatic heterocycles. The number of carbonyl (C=O) groups is 1. The Morgan fingerprint density at radius 2 is 2.03 bits per heavy atom. The second-order valence-corrected chi connectivity index (χ2v) is 8.77. The van der Waals surface area contributed by atoms with Crippen LogP contribution in [-0.4, -0.2) is 28.2 Å². The maximum Gasteiger partial charge on any atom is 0.272 e. The molecule has 1 saturated heterocycles. The average molecular weight is 427 g/mol. The molecule has 1 atom stereocenters. The molecule has 0 bridgehead atoms. The summed E-state index contributed by atoms with van der Waals surface area (Å²) in [4.78, 5) is 14.7. The van der Waals surface area contributed by atoms with Crippen molar-refractivity contribution in [2.24, 2.45) is 0 Å². The van der Waals surface area contributed by atoms with Gasteiger partial charge in [-0.25, -0.2) is 4.39 Å². The predicted octanol–water partition coefficient (Wildman–Crippen LogP) is 3.33. The third-order valence-corrected chi connectivity index (χ3v) is 6.89. The lowest BCUT2D eigenvalue weighted by Crippen LogP contribution is -2.34. The summed E-state index contributed by atoms with van der Waals surface area (Å²) in [6.45, 7) is 0.671. The van der Waals surface area contributed by atoms with Gasteiger partial charge in [0, 0.05) is 19.0 Å². The van der Waals surface area contributed by atoms with E-state index in [2.05, 4.69) is 0 Å². The fourth-order valence-electron chi connectivity index (χ4n) is 4.31. The second kappa shape index (κ2) is 6.83. The van der Waals surface area contributed by atoms with E-state index in [0.29, 0.717) is 33.7 Å². The first kappa shape index (κ1) is 19.1. The molecule has 1 fully saturated rings. The largest absolute Gasteiger partial charge is 0.618 e. The maximum atomic E-state index is 13.6. The van der Waals surface area contributed by atoms with E-state index in [4.69, 9.17) is 0 Å². The molecule has 1 unspecified atom stereocenters. The van der Waals surface area contributed by atoms with Crippen molar-refractivity contribution >= 4 is 34.4 Å². The number of hydroxylamine groups is 1. The van der Waals surface area contributed by atoms with Gasteiger partial charge in [0.05, 0.1) is 41.9 Å². The Morgan fingerprint density at radius 3 is 2.73 bits per heavy atom. The molecule has 0 aliphatic carbocycles. The molecule has 1 amide bonds. The van der Waals surface area contributed by atoms with Crippen molar-refractivity contribution in [3.63, 3.8) is 0 Å². The molecular weight excluding hydrogens is 409 g/mol. The highest BCUT2D eigenvalue weighted by Crippen LogP contribution is 2.49. The van der Waals surface area contributed by atoms with E-state index in [0.717, 1.165) is 12.0 Å². The highest BCUT2D eigenvalue weighted by Gasteiger charge is 2.43. The molecule has 0 radical (unpaired) electrons. The van der Waals surface area contributed by atoms with Gasteiger partial charge in [-0.05, 0) is 23.8 Å². The molecule has 9 heteroatoms. The summed E-state index contributed by atoms with van der Waals surface area (Å²) >= 11 is 1.22. The van der Waals surface area contributed by atoms with Crippen LogP contribution in [0.3, 0.4) is 0 Å². The molecule has 0 spiro atoms. The van der Waals surface area contributed by atoms with Crippen LogP contribution in [-0.2, 0) is 13.1 Å². The topological polar surface area (TPSA) is 90.5 Å². The number of hydrogen-bond acceptors (Lipinski definition) is 5. The van der Waals surface area contributed by atoms with Crippen molar-refractivity contribution in [2.45, 2.75) is 19.5 Å². The Labute approximate surface area is 175 Å². The number of phenolic OH excluding ortho intramolecular Hbond substituents is 1. The van der Waals surface area contributed by atoms with Crippen molar-refractivity contribution in [1.82, 2.24) is 8.95 Å². The minimum Gasteiger partial charge on any atom is -0.618 e. The molecule has 3 aromatic rings. The Hall–Kier alpha value is -2.88. The van der Waals surface area contributed by atoms with Crippen LogP contribution in [0.1, 0.15) is 27.9 Å².